The lowest BCUT2D eigenvalue weighted by atomic mass is 10.1. The fraction of sp³-hybridized carbons (Fsp3) is 0.556. The standard InChI is InChI=1S/C9H13NO3/c1-7(10-12)5-6-8-3-2-4-9(11)13-8/h5-6,8,12H,2-4H2,1H3/b6-5+,10-7+. The number of cyclic esters (lactones) is 1. The largest absolute Gasteiger partial charge is 0.458 e. The molecule has 0 aromatic heterocycles. The van der Waals surface area contributed by atoms with Gasteiger partial charge in [-0.15, -0.1) is 0 Å². The van der Waals surface area contributed by atoms with Crippen LogP contribution in [0.25, 0.3) is 0 Å². The molecule has 0 amide bonds. The quantitative estimate of drug-likeness (QED) is 0.305. The number of carbonyl (C=O) groups excluding carboxylic acids is 1. The molecule has 1 aliphatic rings. The van der Waals surface area contributed by atoms with Gasteiger partial charge in [0.1, 0.15) is 6.10 Å². The lowest BCUT2D eigenvalue weighted by Crippen LogP contribution is -2.21. The van der Waals surface area contributed by atoms with Crippen LogP contribution in [0.1, 0.15) is 26.2 Å². The lowest BCUT2D eigenvalue weighted by molar-refractivity contribution is -0.150. The van der Waals surface area contributed by atoms with Gasteiger partial charge in [0.25, 0.3) is 0 Å². The zero-order chi connectivity index (χ0) is 9.68. The lowest BCUT2D eigenvalue weighted by Gasteiger charge is -2.18. The van der Waals surface area contributed by atoms with Crippen molar-refractivity contribution in [3.05, 3.63) is 12.2 Å². The van der Waals surface area contributed by atoms with E-state index in [0.717, 1.165) is 12.8 Å². The minimum absolute atomic E-state index is 0.153. The van der Waals surface area contributed by atoms with Crippen molar-refractivity contribution in [2.75, 3.05) is 0 Å². The maximum Gasteiger partial charge on any atom is 0.306 e. The van der Waals surface area contributed by atoms with Gasteiger partial charge in [-0.25, -0.2) is 0 Å². The van der Waals surface area contributed by atoms with Gasteiger partial charge in [-0.1, -0.05) is 5.16 Å². The molecule has 1 aliphatic heterocycles. The van der Waals surface area contributed by atoms with Crippen molar-refractivity contribution in [3.8, 4) is 0 Å². The first-order valence-electron chi connectivity index (χ1n) is 4.28. The molecule has 0 aliphatic carbocycles. The van der Waals surface area contributed by atoms with Gasteiger partial charge in [-0.3, -0.25) is 4.79 Å². The maximum atomic E-state index is 10.9. The van der Waals surface area contributed by atoms with E-state index >= 15 is 0 Å². The number of rotatable bonds is 2. The smallest absolute Gasteiger partial charge is 0.306 e. The van der Waals surface area contributed by atoms with Crippen LogP contribution in [0.15, 0.2) is 17.3 Å². The van der Waals surface area contributed by atoms with Gasteiger partial charge in [0.2, 0.25) is 0 Å². The van der Waals surface area contributed by atoms with Gasteiger partial charge in [0.05, 0.1) is 5.71 Å². The van der Waals surface area contributed by atoms with Crippen LogP contribution < -0.4 is 0 Å². The first kappa shape index (κ1) is 9.77. The van der Waals surface area contributed by atoms with Crippen molar-refractivity contribution < 1.29 is 14.7 Å². The molecule has 0 radical (unpaired) electrons. The van der Waals surface area contributed by atoms with Crippen LogP contribution in [-0.4, -0.2) is 23.0 Å². The highest BCUT2D eigenvalue weighted by molar-refractivity contribution is 5.92. The zero-order valence-corrected chi connectivity index (χ0v) is 7.56. The predicted molar refractivity (Wildman–Crippen MR) is 47.8 cm³/mol. The van der Waals surface area contributed by atoms with E-state index in [0.29, 0.717) is 12.1 Å². The monoisotopic (exact) mass is 183 g/mol. The molecule has 1 heterocycles. The molecule has 0 bridgehead atoms. The van der Waals surface area contributed by atoms with E-state index in [1.165, 1.54) is 0 Å². The van der Waals surface area contributed by atoms with E-state index < -0.39 is 0 Å². The molecular weight excluding hydrogens is 170 g/mol. The summed E-state index contributed by atoms with van der Waals surface area (Å²) in [6.07, 6.45) is 5.45. The molecule has 1 atom stereocenters. The Kier molecular flexibility index (Phi) is 3.49. The second-order valence-electron chi connectivity index (χ2n) is 3.02. The van der Waals surface area contributed by atoms with Crippen molar-refractivity contribution in [1.82, 2.24) is 0 Å². The number of allylic oxidation sites excluding steroid dienone is 1. The SMILES string of the molecule is CC(/C=C/C1CCCC(=O)O1)=N\O. The summed E-state index contributed by atoms with van der Waals surface area (Å²) in [6, 6.07) is 0. The van der Waals surface area contributed by atoms with Gasteiger partial charge in [0.15, 0.2) is 0 Å². The molecule has 0 aromatic rings. The van der Waals surface area contributed by atoms with Crippen LogP contribution >= 0.6 is 0 Å². The Balaban J connectivity index is 2.44. The Labute approximate surface area is 76.9 Å². The van der Waals surface area contributed by atoms with Crippen LogP contribution in [0.4, 0.5) is 0 Å². The average molecular weight is 183 g/mol. The summed E-state index contributed by atoms with van der Waals surface area (Å²) in [6.45, 7) is 1.67. The number of carbonyl (C=O) groups is 1. The number of esters is 1. The molecule has 1 N–H and O–H groups in total. The highest BCUT2D eigenvalue weighted by Gasteiger charge is 2.17. The molecule has 0 spiro atoms. The Hall–Kier alpha value is -1.32. The Morgan fingerprint density at radius 1 is 1.77 bits per heavy atom. The molecule has 1 rings (SSSR count). The van der Waals surface area contributed by atoms with E-state index in [9.17, 15) is 4.79 Å². The summed E-state index contributed by atoms with van der Waals surface area (Å²) >= 11 is 0. The molecule has 13 heavy (non-hydrogen) atoms. The Bertz CT molecular complexity index is 245. The molecule has 0 saturated carbocycles. The van der Waals surface area contributed by atoms with Crippen molar-refractivity contribution in [1.29, 1.82) is 0 Å². The molecule has 4 nitrogen and oxygen atoms in total. The van der Waals surface area contributed by atoms with Crippen LogP contribution in [0.3, 0.4) is 0 Å². The number of nitrogens with zero attached hydrogens (tertiary/aromatic N) is 1. The number of oxime groups is 1. The van der Waals surface area contributed by atoms with E-state index in [-0.39, 0.29) is 12.1 Å². The second-order valence-corrected chi connectivity index (χ2v) is 3.02. The van der Waals surface area contributed by atoms with E-state index in [4.69, 9.17) is 9.94 Å². The van der Waals surface area contributed by atoms with E-state index in [1.54, 1.807) is 19.1 Å². The number of hydrogen-bond acceptors (Lipinski definition) is 4. The van der Waals surface area contributed by atoms with Gasteiger partial charge >= 0.3 is 5.97 Å². The predicted octanol–water partition coefficient (Wildman–Crippen LogP) is 1.49. The highest BCUT2D eigenvalue weighted by Crippen LogP contribution is 2.14. The summed E-state index contributed by atoms with van der Waals surface area (Å²) < 4.78 is 5.02. The first-order chi connectivity index (χ1) is 6.22. The molecule has 72 valence electrons. The van der Waals surface area contributed by atoms with Crippen LogP contribution in [0.5, 0.6) is 0 Å². The topological polar surface area (TPSA) is 58.9 Å². The molecule has 4 heteroatoms. The fourth-order valence-electron chi connectivity index (χ4n) is 1.15. The van der Waals surface area contributed by atoms with Crippen LogP contribution in [-0.2, 0) is 9.53 Å². The van der Waals surface area contributed by atoms with Gasteiger partial charge in [-0.05, 0) is 31.9 Å². The average Bonchev–Trinajstić information content (AvgIpc) is 2.14. The van der Waals surface area contributed by atoms with Crippen LogP contribution in [0.2, 0.25) is 0 Å². The van der Waals surface area contributed by atoms with Gasteiger partial charge < -0.3 is 9.94 Å². The summed E-state index contributed by atoms with van der Waals surface area (Å²) in [4.78, 5) is 10.9. The Morgan fingerprint density at radius 2 is 2.54 bits per heavy atom. The minimum Gasteiger partial charge on any atom is -0.458 e. The summed E-state index contributed by atoms with van der Waals surface area (Å²) in [5.74, 6) is -0.153. The third kappa shape index (κ3) is 3.27. The third-order valence-corrected chi connectivity index (χ3v) is 1.86. The van der Waals surface area contributed by atoms with Crippen LogP contribution in [0, 0.1) is 0 Å². The normalized spacial score (nSPS) is 24.8. The second kappa shape index (κ2) is 4.64. The van der Waals surface area contributed by atoms with Gasteiger partial charge in [-0.2, -0.15) is 0 Å². The highest BCUT2D eigenvalue weighted by atomic mass is 16.5. The van der Waals surface area contributed by atoms with Gasteiger partial charge in [0, 0.05) is 6.42 Å². The van der Waals surface area contributed by atoms with E-state index in [1.807, 2.05) is 0 Å². The summed E-state index contributed by atoms with van der Waals surface area (Å²) in [5, 5.41) is 11.3. The maximum absolute atomic E-state index is 10.9. The first-order valence-corrected chi connectivity index (χ1v) is 4.28. The molecule has 1 unspecified atom stereocenters. The minimum atomic E-state index is -0.155. The zero-order valence-electron chi connectivity index (χ0n) is 7.56. The van der Waals surface area contributed by atoms with Crippen molar-refractivity contribution in [3.63, 3.8) is 0 Å². The van der Waals surface area contributed by atoms with E-state index in [2.05, 4.69) is 5.16 Å². The van der Waals surface area contributed by atoms with Crippen molar-refractivity contribution >= 4 is 11.7 Å². The molecule has 0 aromatic carbocycles. The molecule has 1 saturated heterocycles. The van der Waals surface area contributed by atoms with Crippen molar-refractivity contribution in [2.24, 2.45) is 5.16 Å². The van der Waals surface area contributed by atoms with Crippen molar-refractivity contribution in [2.45, 2.75) is 32.3 Å². The summed E-state index contributed by atoms with van der Waals surface area (Å²) in [5.41, 5.74) is 0.502. The molecule has 1 fully saturated rings. The molecular formula is C9H13NO3. The summed E-state index contributed by atoms with van der Waals surface area (Å²) in [7, 11) is 0. The number of ether oxygens (including phenoxy) is 1. The number of hydrogen-bond donors (Lipinski definition) is 1. The fourth-order valence-corrected chi connectivity index (χ4v) is 1.15. The Morgan fingerprint density at radius 3 is 3.15 bits per heavy atom. The third-order valence-electron chi connectivity index (χ3n) is 1.86.